The molecule has 0 heterocycles. The number of hydrogen-bond donors (Lipinski definition) is 2. The molecule has 0 spiro atoms. The summed E-state index contributed by atoms with van der Waals surface area (Å²) in [7, 11) is 0. The summed E-state index contributed by atoms with van der Waals surface area (Å²) in [6.07, 6.45) is -0.672. The lowest BCUT2D eigenvalue weighted by Gasteiger charge is -2.08. The third-order valence-corrected chi connectivity index (χ3v) is 2.70. The predicted molar refractivity (Wildman–Crippen MR) is 69.1 cm³/mol. The number of benzene rings is 1. The molecule has 1 rings (SSSR count). The van der Waals surface area contributed by atoms with E-state index in [0.717, 1.165) is 11.8 Å². The molecular weight excluding hydrogens is 264 g/mol. The van der Waals surface area contributed by atoms with Gasteiger partial charge in [-0.05, 0) is 12.1 Å². The van der Waals surface area contributed by atoms with Crippen LogP contribution in [-0.4, -0.2) is 28.4 Å². The highest BCUT2D eigenvalue weighted by Crippen LogP contribution is 2.22. The van der Waals surface area contributed by atoms with E-state index in [1.54, 1.807) is 24.3 Å². The van der Waals surface area contributed by atoms with Gasteiger partial charge >= 0.3 is 6.09 Å². The highest BCUT2D eigenvalue weighted by Gasteiger charge is 2.06. The number of thioether (sulfide) groups is 1. The number of amidine groups is 1. The van der Waals surface area contributed by atoms with Crippen LogP contribution >= 0.6 is 23.4 Å². The van der Waals surface area contributed by atoms with Crippen molar-refractivity contribution < 1.29 is 14.7 Å². The highest BCUT2D eigenvalue weighted by atomic mass is 35.5. The average molecular weight is 273 g/mol. The second-order valence-electron chi connectivity index (χ2n) is 2.78. The number of amides is 1. The van der Waals surface area contributed by atoms with Crippen molar-refractivity contribution in [2.24, 2.45) is 4.99 Å². The van der Waals surface area contributed by atoms with Gasteiger partial charge in [-0.15, -0.1) is 0 Å². The van der Waals surface area contributed by atoms with Crippen molar-refractivity contribution in [2.75, 3.05) is 11.1 Å². The van der Waals surface area contributed by atoms with E-state index in [1.807, 2.05) is 0 Å². The molecule has 0 aliphatic rings. The minimum absolute atomic E-state index is 0.109. The Bertz CT molecular complexity index is 451. The van der Waals surface area contributed by atoms with Crippen LogP contribution in [-0.2, 0) is 4.79 Å². The van der Waals surface area contributed by atoms with E-state index in [2.05, 4.69) is 10.3 Å². The molecule has 17 heavy (non-hydrogen) atoms. The summed E-state index contributed by atoms with van der Waals surface area (Å²) in [5.41, 5.74) is 0.535. The zero-order chi connectivity index (χ0) is 12.7. The van der Waals surface area contributed by atoms with E-state index in [1.165, 1.54) is 0 Å². The summed E-state index contributed by atoms with van der Waals surface area (Å²) in [5.74, 6) is 0.115. The normalized spacial score (nSPS) is 11.0. The second kappa shape index (κ2) is 6.93. The molecule has 0 aromatic heterocycles. The van der Waals surface area contributed by atoms with Crippen LogP contribution in [0, 0.1) is 0 Å². The van der Waals surface area contributed by atoms with Crippen molar-refractivity contribution in [1.29, 1.82) is 0 Å². The first-order valence-electron chi connectivity index (χ1n) is 4.53. The van der Waals surface area contributed by atoms with E-state index in [-0.39, 0.29) is 10.9 Å². The maximum atomic E-state index is 10.5. The van der Waals surface area contributed by atoms with Crippen LogP contribution < -0.4 is 5.32 Å². The molecule has 0 saturated heterocycles. The van der Waals surface area contributed by atoms with Crippen molar-refractivity contribution >= 4 is 46.6 Å². The first-order chi connectivity index (χ1) is 8.13. The number of carbonyl (C=O) groups excluding carboxylic acids is 1. The Labute approximate surface area is 107 Å². The molecule has 0 radical (unpaired) electrons. The number of anilines is 1. The number of aldehydes is 1. The van der Waals surface area contributed by atoms with Crippen LogP contribution in [0.5, 0.6) is 0 Å². The molecule has 90 valence electrons. The minimum atomic E-state index is -1.34. The summed E-state index contributed by atoms with van der Waals surface area (Å²) in [4.78, 5) is 24.0. The molecule has 7 heteroatoms. The lowest BCUT2D eigenvalue weighted by molar-refractivity contribution is -0.105. The van der Waals surface area contributed by atoms with Gasteiger partial charge in [0, 0.05) is 0 Å². The number of carboxylic acid groups (broad SMARTS) is 1. The topological polar surface area (TPSA) is 78.8 Å². The molecule has 1 amide bonds. The molecule has 0 aliphatic heterocycles. The summed E-state index contributed by atoms with van der Waals surface area (Å²) in [6, 6.07) is 6.84. The number of nitrogens with one attached hydrogen (secondary N) is 1. The number of halogens is 1. The Morgan fingerprint density at radius 3 is 2.82 bits per heavy atom. The van der Waals surface area contributed by atoms with Gasteiger partial charge in [-0.1, -0.05) is 35.5 Å². The fraction of sp³-hybridized carbons (Fsp3) is 0.100. The van der Waals surface area contributed by atoms with E-state index < -0.39 is 6.09 Å². The Balaban J connectivity index is 2.82. The first-order valence-corrected chi connectivity index (χ1v) is 5.89. The van der Waals surface area contributed by atoms with Crippen LogP contribution in [0.4, 0.5) is 10.5 Å². The van der Waals surface area contributed by atoms with Crippen LogP contribution in [0.1, 0.15) is 0 Å². The van der Waals surface area contributed by atoms with Crippen LogP contribution in [0.2, 0.25) is 5.02 Å². The van der Waals surface area contributed by atoms with Gasteiger partial charge in [-0.2, -0.15) is 4.99 Å². The number of para-hydroxylation sites is 1. The molecule has 5 nitrogen and oxygen atoms in total. The number of nitrogens with zero attached hydrogens (tertiary/aromatic N) is 1. The largest absolute Gasteiger partial charge is 0.463 e. The maximum absolute atomic E-state index is 10.5. The molecule has 0 bridgehead atoms. The molecule has 0 saturated carbocycles. The standard InChI is InChI=1S/C10H9ClN2O3S/c11-7-3-1-2-4-8(7)12-9(13-10(15)16)17-6-5-14/h1-5H,6H2,(H,12,13)(H,15,16). The zero-order valence-electron chi connectivity index (χ0n) is 8.59. The molecule has 0 fully saturated rings. The molecule has 2 N–H and O–H groups in total. The lowest BCUT2D eigenvalue weighted by Crippen LogP contribution is -2.11. The van der Waals surface area contributed by atoms with Gasteiger partial charge in [-0.25, -0.2) is 4.79 Å². The fourth-order valence-corrected chi connectivity index (χ4v) is 1.71. The van der Waals surface area contributed by atoms with Crippen LogP contribution in [0.25, 0.3) is 0 Å². The molecular formula is C10H9ClN2O3S. The van der Waals surface area contributed by atoms with Gasteiger partial charge in [0.15, 0.2) is 5.17 Å². The van der Waals surface area contributed by atoms with Gasteiger partial charge in [-0.3, -0.25) is 0 Å². The maximum Gasteiger partial charge on any atom is 0.433 e. The average Bonchev–Trinajstić information content (AvgIpc) is 2.28. The van der Waals surface area contributed by atoms with Crippen molar-refractivity contribution in [3.63, 3.8) is 0 Å². The quantitative estimate of drug-likeness (QED) is 0.502. The fourth-order valence-electron chi connectivity index (χ4n) is 0.974. The molecule has 1 aromatic rings. The summed E-state index contributed by atoms with van der Waals surface area (Å²) < 4.78 is 0. The zero-order valence-corrected chi connectivity index (χ0v) is 10.2. The van der Waals surface area contributed by atoms with Crippen molar-refractivity contribution in [2.45, 2.75) is 0 Å². The third-order valence-electron chi connectivity index (χ3n) is 1.60. The number of carbonyl (C=O) groups is 2. The minimum Gasteiger partial charge on any atom is -0.463 e. The molecule has 0 aliphatic carbocycles. The van der Waals surface area contributed by atoms with E-state index in [4.69, 9.17) is 16.7 Å². The predicted octanol–water partition coefficient (Wildman–Crippen LogP) is 2.72. The Kier molecular flexibility index (Phi) is 5.51. The van der Waals surface area contributed by atoms with Gasteiger partial charge in [0.25, 0.3) is 0 Å². The van der Waals surface area contributed by atoms with E-state index in [0.29, 0.717) is 17.0 Å². The van der Waals surface area contributed by atoms with E-state index in [9.17, 15) is 9.59 Å². The lowest BCUT2D eigenvalue weighted by atomic mass is 10.3. The summed E-state index contributed by atoms with van der Waals surface area (Å²) in [6.45, 7) is 0. The molecule has 1 aromatic carbocycles. The van der Waals surface area contributed by atoms with Crippen LogP contribution in [0.15, 0.2) is 29.3 Å². The highest BCUT2D eigenvalue weighted by molar-refractivity contribution is 8.14. The van der Waals surface area contributed by atoms with Crippen molar-refractivity contribution in [1.82, 2.24) is 0 Å². The monoisotopic (exact) mass is 272 g/mol. The van der Waals surface area contributed by atoms with Gasteiger partial charge in [0.05, 0.1) is 16.5 Å². The second-order valence-corrected chi connectivity index (χ2v) is 4.20. The molecule has 0 unspecified atom stereocenters. The Hall–Kier alpha value is -1.53. The summed E-state index contributed by atoms with van der Waals surface area (Å²) in [5, 5.41) is 11.9. The number of rotatable bonds is 3. The SMILES string of the molecule is O=CCSC(=NC(=O)O)Nc1ccccc1Cl. The van der Waals surface area contributed by atoms with Crippen molar-refractivity contribution in [3.8, 4) is 0 Å². The number of hydrogen-bond acceptors (Lipinski definition) is 3. The van der Waals surface area contributed by atoms with Gasteiger partial charge in [0.2, 0.25) is 0 Å². The molecule has 0 atom stereocenters. The third kappa shape index (κ3) is 4.88. The Morgan fingerprint density at radius 2 is 2.24 bits per heavy atom. The van der Waals surface area contributed by atoms with E-state index >= 15 is 0 Å². The smallest absolute Gasteiger partial charge is 0.433 e. The first kappa shape index (κ1) is 13.5. The van der Waals surface area contributed by atoms with Gasteiger partial charge < -0.3 is 15.2 Å². The Morgan fingerprint density at radius 1 is 1.53 bits per heavy atom. The van der Waals surface area contributed by atoms with Crippen molar-refractivity contribution in [3.05, 3.63) is 29.3 Å². The number of aliphatic imine (C=N–C) groups is 1. The summed E-state index contributed by atoms with van der Waals surface area (Å²) >= 11 is 6.88. The van der Waals surface area contributed by atoms with Gasteiger partial charge in [0.1, 0.15) is 6.29 Å². The van der Waals surface area contributed by atoms with Crippen LogP contribution in [0.3, 0.4) is 0 Å².